The second-order valence-corrected chi connectivity index (χ2v) is 3.97. The summed E-state index contributed by atoms with van der Waals surface area (Å²) in [6, 6.07) is 0.771. The molecule has 0 aromatic rings. The normalized spacial score (nSPS) is 17.8. The van der Waals surface area contributed by atoms with Gasteiger partial charge in [0.05, 0.1) is 0 Å². The summed E-state index contributed by atoms with van der Waals surface area (Å²) in [6.45, 7) is 4.37. The monoisotopic (exact) mass is 252 g/mol. The van der Waals surface area contributed by atoms with E-state index in [0.29, 0.717) is 13.1 Å². The zero-order chi connectivity index (χ0) is 13.5. The Labute approximate surface area is 105 Å². The maximum atomic E-state index is 11.7. The van der Waals surface area contributed by atoms with Gasteiger partial charge < -0.3 is 20.6 Å². The fourth-order valence-electron chi connectivity index (χ4n) is 1.47. The molecule has 98 valence electrons. The van der Waals surface area contributed by atoms with Crippen LogP contribution in [0.2, 0.25) is 0 Å². The van der Waals surface area contributed by atoms with Crippen LogP contribution < -0.4 is 10.6 Å². The van der Waals surface area contributed by atoms with Crippen LogP contribution in [0.15, 0.2) is 11.8 Å². The Morgan fingerprint density at radius 3 is 2.61 bits per heavy atom. The molecule has 1 atom stereocenters. The SMILES string of the molecule is CC(NC(=O)/C(C#N)=C\N1CCNCC1)C(=O)O. The Bertz CT molecular complexity index is 394. The van der Waals surface area contributed by atoms with E-state index in [9.17, 15) is 9.59 Å². The number of amides is 1. The van der Waals surface area contributed by atoms with Gasteiger partial charge in [0, 0.05) is 32.4 Å². The van der Waals surface area contributed by atoms with E-state index in [0.717, 1.165) is 13.1 Å². The molecule has 3 N–H and O–H groups in total. The molecule has 0 aliphatic carbocycles. The quantitative estimate of drug-likeness (QED) is 0.433. The highest BCUT2D eigenvalue weighted by atomic mass is 16.4. The van der Waals surface area contributed by atoms with Gasteiger partial charge in [-0.3, -0.25) is 9.59 Å². The predicted molar refractivity (Wildman–Crippen MR) is 63.4 cm³/mol. The summed E-state index contributed by atoms with van der Waals surface area (Å²) < 4.78 is 0. The fraction of sp³-hybridized carbons (Fsp3) is 0.545. The van der Waals surface area contributed by atoms with E-state index in [1.807, 2.05) is 4.90 Å². The fourth-order valence-corrected chi connectivity index (χ4v) is 1.47. The molecule has 1 amide bonds. The van der Waals surface area contributed by atoms with Crippen molar-refractivity contribution < 1.29 is 14.7 Å². The lowest BCUT2D eigenvalue weighted by atomic mass is 10.2. The van der Waals surface area contributed by atoms with E-state index in [1.165, 1.54) is 13.1 Å². The first-order valence-corrected chi connectivity index (χ1v) is 5.65. The van der Waals surface area contributed by atoms with Gasteiger partial charge in [0.2, 0.25) is 0 Å². The molecule has 1 aliphatic heterocycles. The number of carboxylic acids is 1. The number of hydrogen-bond acceptors (Lipinski definition) is 5. The highest BCUT2D eigenvalue weighted by Crippen LogP contribution is 2.00. The zero-order valence-electron chi connectivity index (χ0n) is 10.1. The molecule has 0 spiro atoms. The van der Waals surface area contributed by atoms with E-state index in [2.05, 4.69) is 10.6 Å². The van der Waals surface area contributed by atoms with Crippen LogP contribution in [0.4, 0.5) is 0 Å². The second-order valence-electron chi connectivity index (χ2n) is 3.97. The molecule has 7 heteroatoms. The first kappa shape index (κ1) is 14.0. The largest absolute Gasteiger partial charge is 0.480 e. The van der Waals surface area contributed by atoms with Gasteiger partial charge in [-0.05, 0) is 6.92 Å². The summed E-state index contributed by atoms with van der Waals surface area (Å²) in [6.07, 6.45) is 1.48. The van der Waals surface area contributed by atoms with Gasteiger partial charge in [-0.15, -0.1) is 0 Å². The molecule has 1 unspecified atom stereocenters. The summed E-state index contributed by atoms with van der Waals surface area (Å²) in [5.74, 6) is -1.80. The molecule has 0 aromatic carbocycles. The minimum atomic E-state index is -1.14. The van der Waals surface area contributed by atoms with Crippen LogP contribution in [0.3, 0.4) is 0 Å². The number of carbonyl (C=O) groups is 2. The molecule has 0 saturated carbocycles. The second kappa shape index (κ2) is 6.61. The van der Waals surface area contributed by atoms with Gasteiger partial charge in [-0.1, -0.05) is 0 Å². The van der Waals surface area contributed by atoms with Gasteiger partial charge in [0.1, 0.15) is 17.7 Å². The van der Waals surface area contributed by atoms with Crippen LogP contribution in [0.5, 0.6) is 0 Å². The summed E-state index contributed by atoms with van der Waals surface area (Å²) in [5.41, 5.74) is -0.0787. The van der Waals surface area contributed by atoms with E-state index in [-0.39, 0.29) is 5.57 Å². The van der Waals surface area contributed by atoms with Crippen molar-refractivity contribution in [2.24, 2.45) is 0 Å². The van der Waals surface area contributed by atoms with Crippen molar-refractivity contribution in [2.45, 2.75) is 13.0 Å². The van der Waals surface area contributed by atoms with E-state index < -0.39 is 17.9 Å². The molecule has 1 aliphatic rings. The number of aliphatic carboxylic acids is 1. The molecule has 0 radical (unpaired) electrons. The first-order valence-electron chi connectivity index (χ1n) is 5.65. The first-order chi connectivity index (χ1) is 8.54. The Morgan fingerprint density at radius 2 is 2.11 bits per heavy atom. The van der Waals surface area contributed by atoms with Crippen molar-refractivity contribution in [2.75, 3.05) is 26.2 Å². The van der Waals surface area contributed by atoms with E-state index in [4.69, 9.17) is 10.4 Å². The van der Waals surface area contributed by atoms with Crippen LogP contribution >= 0.6 is 0 Å². The molecule has 1 fully saturated rings. The molecule has 1 rings (SSSR count). The van der Waals surface area contributed by atoms with E-state index in [1.54, 1.807) is 6.07 Å². The average Bonchev–Trinajstić information content (AvgIpc) is 2.36. The molecular formula is C11H16N4O3. The van der Waals surface area contributed by atoms with Crippen LogP contribution in [-0.4, -0.2) is 54.1 Å². The third-order valence-corrected chi connectivity index (χ3v) is 2.55. The summed E-state index contributed by atoms with van der Waals surface area (Å²) in [5, 5.41) is 23.0. The zero-order valence-corrected chi connectivity index (χ0v) is 10.1. The third kappa shape index (κ3) is 4.07. The smallest absolute Gasteiger partial charge is 0.325 e. The summed E-state index contributed by atoms with van der Waals surface area (Å²) >= 11 is 0. The molecule has 1 heterocycles. The minimum absolute atomic E-state index is 0.0787. The van der Waals surface area contributed by atoms with Crippen molar-refractivity contribution in [1.82, 2.24) is 15.5 Å². The summed E-state index contributed by atoms with van der Waals surface area (Å²) in [7, 11) is 0. The number of rotatable bonds is 4. The van der Waals surface area contributed by atoms with Gasteiger partial charge >= 0.3 is 5.97 Å². The van der Waals surface area contributed by atoms with Crippen LogP contribution in [0, 0.1) is 11.3 Å². The Balaban J connectivity index is 2.64. The van der Waals surface area contributed by atoms with Crippen LogP contribution in [-0.2, 0) is 9.59 Å². The molecule has 0 aromatic heterocycles. The number of nitrogens with one attached hydrogen (secondary N) is 2. The predicted octanol–water partition coefficient (Wildman–Crippen LogP) is -1.11. The van der Waals surface area contributed by atoms with Gasteiger partial charge in [-0.25, -0.2) is 0 Å². The van der Waals surface area contributed by atoms with Crippen molar-refractivity contribution in [3.63, 3.8) is 0 Å². The molecule has 0 bridgehead atoms. The number of piperazine rings is 1. The lowest BCUT2D eigenvalue weighted by Gasteiger charge is -2.26. The van der Waals surface area contributed by atoms with E-state index >= 15 is 0 Å². The number of carbonyl (C=O) groups excluding carboxylic acids is 1. The van der Waals surface area contributed by atoms with Crippen molar-refractivity contribution in [3.05, 3.63) is 11.8 Å². The Hall–Kier alpha value is -2.07. The third-order valence-electron chi connectivity index (χ3n) is 2.55. The van der Waals surface area contributed by atoms with Gasteiger partial charge in [0.25, 0.3) is 5.91 Å². The number of nitriles is 1. The van der Waals surface area contributed by atoms with Crippen LogP contribution in [0.25, 0.3) is 0 Å². The standard InChI is InChI=1S/C11H16N4O3/c1-8(11(17)18)14-10(16)9(6-12)7-15-4-2-13-3-5-15/h7-8,13H,2-5H2,1H3,(H,14,16)(H,17,18)/b9-7-. The molecule has 7 nitrogen and oxygen atoms in total. The topological polar surface area (TPSA) is 105 Å². The highest BCUT2D eigenvalue weighted by molar-refractivity contribution is 5.99. The molecular weight excluding hydrogens is 236 g/mol. The minimum Gasteiger partial charge on any atom is -0.480 e. The van der Waals surface area contributed by atoms with Crippen molar-refractivity contribution >= 4 is 11.9 Å². The number of hydrogen-bond donors (Lipinski definition) is 3. The van der Waals surface area contributed by atoms with Gasteiger partial charge in [0.15, 0.2) is 0 Å². The Kier molecular flexibility index (Phi) is 5.14. The number of carboxylic acid groups (broad SMARTS) is 1. The van der Waals surface area contributed by atoms with Crippen LogP contribution in [0.1, 0.15) is 6.92 Å². The van der Waals surface area contributed by atoms with Crippen molar-refractivity contribution in [3.8, 4) is 6.07 Å². The molecule has 1 saturated heterocycles. The molecule has 18 heavy (non-hydrogen) atoms. The maximum absolute atomic E-state index is 11.7. The lowest BCUT2D eigenvalue weighted by molar-refractivity contribution is -0.140. The number of nitrogens with zero attached hydrogens (tertiary/aromatic N) is 2. The maximum Gasteiger partial charge on any atom is 0.325 e. The Morgan fingerprint density at radius 1 is 1.50 bits per heavy atom. The van der Waals surface area contributed by atoms with Gasteiger partial charge in [-0.2, -0.15) is 5.26 Å². The summed E-state index contributed by atoms with van der Waals surface area (Å²) in [4.78, 5) is 24.1. The van der Waals surface area contributed by atoms with Crippen molar-refractivity contribution in [1.29, 1.82) is 5.26 Å². The highest BCUT2D eigenvalue weighted by Gasteiger charge is 2.18. The lowest BCUT2D eigenvalue weighted by Crippen LogP contribution is -2.42. The average molecular weight is 252 g/mol.